The van der Waals surface area contributed by atoms with Gasteiger partial charge in [-0.1, -0.05) is 18.2 Å². The Morgan fingerprint density at radius 1 is 0.935 bits per heavy atom. The Balaban J connectivity index is 1.29. The van der Waals surface area contributed by atoms with Crippen molar-refractivity contribution in [3.05, 3.63) is 66.5 Å². The topological polar surface area (TPSA) is 106 Å². The van der Waals surface area contributed by atoms with Gasteiger partial charge in [-0.05, 0) is 71.7 Å². The molecule has 4 aromatic rings. The number of piperazine rings is 1. The van der Waals surface area contributed by atoms with E-state index < -0.39 is 11.7 Å². The molecule has 0 N–H and O–H groups in total. The zero-order valence-electron chi connectivity index (χ0n) is 27.3. The molecule has 2 aliphatic rings. The lowest BCUT2D eigenvalue weighted by atomic mass is 9.93. The molecule has 2 fully saturated rings. The van der Waals surface area contributed by atoms with E-state index in [0.29, 0.717) is 17.3 Å². The van der Waals surface area contributed by atoms with Gasteiger partial charge in [0, 0.05) is 74.3 Å². The van der Waals surface area contributed by atoms with Gasteiger partial charge < -0.3 is 19.3 Å². The molecule has 1 aliphatic carbocycles. The number of benzene rings is 1. The van der Waals surface area contributed by atoms with Crippen LogP contribution in [0.2, 0.25) is 0 Å². The first-order valence-electron chi connectivity index (χ1n) is 16.1. The molecule has 0 bridgehead atoms. The Morgan fingerprint density at radius 2 is 1.65 bits per heavy atom. The van der Waals surface area contributed by atoms with E-state index in [-0.39, 0.29) is 18.1 Å². The van der Waals surface area contributed by atoms with Crippen molar-refractivity contribution in [1.29, 1.82) is 0 Å². The van der Waals surface area contributed by atoms with Crippen LogP contribution in [0.25, 0.3) is 22.2 Å². The minimum Gasteiger partial charge on any atom is -0.474 e. The summed E-state index contributed by atoms with van der Waals surface area (Å²) in [6.07, 6.45) is 6.65. The second-order valence-corrected chi connectivity index (χ2v) is 13.3. The van der Waals surface area contributed by atoms with Gasteiger partial charge in [0.05, 0.1) is 11.6 Å². The summed E-state index contributed by atoms with van der Waals surface area (Å²) in [5, 5.41) is 6.04. The maximum atomic E-state index is 13.2. The first-order valence-corrected chi connectivity index (χ1v) is 16.1. The third kappa shape index (κ3) is 6.99. The van der Waals surface area contributed by atoms with Gasteiger partial charge in [-0.3, -0.25) is 14.4 Å². The smallest absolute Gasteiger partial charge is 0.415 e. The monoisotopic (exact) mass is 625 g/mol. The van der Waals surface area contributed by atoms with Crippen LogP contribution in [0.3, 0.4) is 0 Å². The van der Waals surface area contributed by atoms with Gasteiger partial charge in [-0.25, -0.2) is 14.8 Å². The number of aromatic nitrogens is 4. The number of amides is 2. The van der Waals surface area contributed by atoms with Gasteiger partial charge in [0.15, 0.2) is 0 Å². The number of fused-ring (bicyclic) bond motifs is 1. The van der Waals surface area contributed by atoms with Crippen LogP contribution < -0.4 is 9.64 Å². The zero-order chi connectivity index (χ0) is 32.4. The number of ether oxygens (including phenoxy) is 2. The van der Waals surface area contributed by atoms with Crippen LogP contribution in [0.5, 0.6) is 5.88 Å². The average molecular weight is 626 g/mol. The van der Waals surface area contributed by atoms with Gasteiger partial charge in [-0.2, -0.15) is 5.10 Å². The van der Waals surface area contributed by atoms with Crippen LogP contribution in [0.4, 0.5) is 10.6 Å². The Hall–Kier alpha value is -4.51. The third-order valence-electron chi connectivity index (χ3n) is 8.70. The maximum absolute atomic E-state index is 13.2. The van der Waals surface area contributed by atoms with Crippen molar-refractivity contribution in [2.75, 3.05) is 45.2 Å². The fourth-order valence-electron chi connectivity index (χ4n) is 6.08. The Morgan fingerprint density at radius 3 is 2.30 bits per heavy atom. The van der Waals surface area contributed by atoms with E-state index in [0.717, 1.165) is 74.0 Å². The van der Waals surface area contributed by atoms with Gasteiger partial charge in [0.25, 0.3) is 5.91 Å². The Labute approximate surface area is 270 Å². The Kier molecular flexibility index (Phi) is 8.95. The van der Waals surface area contributed by atoms with E-state index >= 15 is 0 Å². The first-order chi connectivity index (χ1) is 22.1. The Bertz CT molecular complexity index is 1670. The second kappa shape index (κ2) is 13.1. The molecule has 4 heterocycles. The predicted octanol–water partition coefficient (Wildman–Crippen LogP) is 5.81. The third-order valence-corrected chi connectivity index (χ3v) is 8.70. The molecule has 3 aromatic heterocycles. The van der Waals surface area contributed by atoms with E-state index in [1.165, 1.54) is 4.90 Å². The number of rotatable bonds is 6. The molecule has 1 saturated heterocycles. The lowest BCUT2D eigenvalue weighted by molar-refractivity contribution is 0.0587. The molecule has 1 saturated carbocycles. The van der Waals surface area contributed by atoms with Crippen molar-refractivity contribution < 1.29 is 19.1 Å². The number of nitrogens with zero attached hydrogens (tertiary/aromatic N) is 7. The van der Waals surface area contributed by atoms with Crippen LogP contribution in [-0.4, -0.2) is 93.5 Å². The molecule has 1 aliphatic heterocycles. The van der Waals surface area contributed by atoms with Crippen LogP contribution in [0.1, 0.15) is 62.9 Å². The highest BCUT2D eigenvalue weighted by atomic mass is 16.6. The highest BCUT2D eigenvalue weighted by Gasteiger charge is 2.29. The second-order valence-electron chi connectivity index (χ2n) is 13.3. The summed E-state index contributed by atoms with van der Waals surface area (Å²) in [6.45, 7) is 8.74. The first kappa shape index (κ1) is 31.5. The predicted molar refractivity (Wildman–Crippen MR) is 177 cm³/mol. The molecule has 6 rings (SSSR count). The number of likely N-dealkylation sites (N-methyl/N-ethyl adjacent to an activating group) is 1. The highest BCUT2D eigenvalue weighted by Crippen LogP contribution is 2.37. The van der Waals surface area contributed by atoms with Crippen LogP contribution in [-0.2, 0) is 4.74 Å². The van der Waals surface area contributed by atoms with Crippen LogP contribution >= 0.6 is 0 Å². The van der Waals surface area contributed by atoms with Crippen LogP contribution in [0, 0.1) is 0 Å². The SMILES string of the molecule is CN1CCN(C(=O)c2ccc(-c3nn([C@H]4CC[C@H](Oc5ccccn5)CC4)c4cc(N(C)C(=O)OC(C)(C)C)ncc34)cc2)CC1. The van der Waals surface area contributed by atoms with E-state index in [1.807, 2.05) is 74.2 Å². The van der Waals surface area contributed by atoms with E-state index in [9.17, 15) is 9.59 Å². The molecule has 11 nitrogen and oxygen atoms in total. The summed E-state index contributed by atoms with van der Waals surface area (Å²) >= 11 is 0. The summed E-state index contributed by atoms with van der Waals surface area (Å²) < 4.78 is 13.8. The molecule has 11 heteroatoms. The minimum atomic E-state index is -0.627. The van der Waals surface area contributed by atoms with Crippen molar-refractivity contribution in [2.24, 2.45) is 0 Å². The van der Waals surface area contributed by atoms with Gasteiger partial charge in [0.2, 0.25) is 5.88 Å². The van der Waals surface area contributed by atoms with E-state index in [1.54, 1.807) is 19.4 Å². The molecule has 242 valence electrons. The maximum Gasteiger partial charge on any atom is 0.415 e. The fraction of sp³-hybridized carbons (Fsp3) is 0.457. The van der Waals surface area contributed by atoms with Crippen molar-refractivity contribution in [1.82, 2.24) is 29.5 Å². The zero-order valence-corrected chi connectivity index (χ0v) is 27.3. The molecule has 0 atom stereocenters. The average Bonchev–Trinajstić information content (AvgIpc) is 3.43. The quantitative estimate of drug-likeness (QED) is 0.264. The summed E-state index contributed by atoms with van der Waals surface area (Å²) in [4.78, 5) is 40.6. The van der Waals surface area contributed by atoms with Crippen molar-refractivity contribution in [3.63, 3.8) is 0 Å². The molecule has 0 unspecified atom stereocenters. The molecule has 2 amide bonds. The summed E-state index contributed by atoms with van der Waals surface area (Å²) in [5.74, 6) is 1.18. The summed E-state index contributed by atoms with van der Waals surface area (Å²) in [5.41, 5.74) is 2.63. The number of carbonyl (C=O) groups is 2. The van der Waals surface area contributed by atoms with Crippen molar-refractivity contribution in [3.8, 4) is 17.1 Å². The van der Waals surface area contributed by atoms with Gasteiger partial charge in [-0.15, -0.1) is 0 Å². The van der Waals surface area contributed by atoms with Crippen LogP contribution in [0.15, 0.2) is 60.9 Å². The standard InChI is InChI=1S/C35H43N7O4/c1-35(2,3)46-34(44)40(5)30-22-29-28(23-37-30)32(24-9-11-25(12-10-24)33(43)41-20-18-39(4)19-21-41)38-42(29)26-13-15-27(16-14-26)45-31-8-6-7-17-36-31/h6-12,17,22-23,26-27H,13-16,18-21H2,1-5H3/t26-,27-. The molecular weight excluding hydrogens is 582 g/mol. The van der Waals surface area contributed by atoms with E-state index in [2.05, 4.69) is 26.6 Å². The highest BCUT2D eigenvalue weighted by molar-refractivity contribution is 5.98. The number of hydrogen-bond acceptors (Lipinski definition) is 8. The number of carbonyl (C=O) groups excluding carboxylic acids is 2. The lowest BCUT2D eigenvalue weighted by Crippen LogP contribution is -2.47. The normalized spacial score (nSPS) is 19.2. The molecule has 0 spiro atoms. The molecule has 1 aromatic carbocycles. The minimum absolute atomic E-state index is 0.0520. The summed E-state index contributed by atoms with van der Waals surface area (Å²) in [6, 6.07) is 15.5. The van der Waals surface area contributed by atoms with Crippen molar-refractivity contribution in [2.45, 2.75) is 64.2 Å². The number of pyridine rings is 2. The number of hydrogen-bond donors (Lipinski definition) is 0. The summed E-state index contributed by atoms with van der Waals surface area (Å²) in [7, 11) is 3.75. The number of anilines is 1. The molecule has 46 heavy (non-hydrogen) atoms. The lowest BCUT2D eigenvalue weighted by Gasteiger charge is -2.32. The fourth-order valence-corrected chi connectivity index (χ4v) is 6.08. The molecular formula is C35H43N7O4. The van der Waals surface area contributed by atoms with E-state index in [4.69, 9.17) is 14.6 Å². The van der Waals surface area contributed by atoms with Gasteiger partial charge >= 0.3 is 6.09 Å². The molecule has 0 radical (unpaired) electrons. The largest absolute Gasteiger partial charge is 0.474 e. The van der Waals surface area contributed by atoms with Gasteiger partial charge in [0.1, 0.15) is 23.2 Å². The van der Waals surface area contributed by atoms with Crippen molar-refractivity contribution >= 4 is 28.7 Å².